The number of likely N-dealkylation sites (N-methyl/N-ethyl adjacent to an activating group) is 1. The van der Waals surface area contributed by atoms with Gasteiger partial charge in [-0.3, -0.25) is 0 Å². The fraction of sp³-hybridized carbons (Fsp3) is 0.333. The topological polar surface area (TPSA) is 38.0 Å². The van der Waals surface area contributed by atoms with Crippen LogP contribution < -0.4 is 11.1 Å². The van der Waals surface area contributed by atoms with Gasteiger partial charge in [0.15, 0.2) is 0 Å². The molecule has 13 heavy (non-hydrogen) atoms. The van der Waals surface area contributed by atoms with Crippen molar-refractivity contribution < 1.29 is 4.39 Å². The summed E-state index contributed by atoms with van der Waals surface area (Å²) < 4.78 is 12.8. The lowest BCUT2D eigenvalue weighted by Crippen LogP contribution is -2.23. The average Bonchev–Trinajstić information content (AvgIpc) is 2.10. The second kappa shape index (κ2) is 4.56. The Balaban J connectivity index is 2.84. The number of halogens is 2. The third-order valence-corrected chi connectivity index (χ3v) is 2.09. The molecule has 0 amide bonds. The maximum Gasteiger partial charge on any atom is 0.141 e. The Hall–Kier alpha value is -0.640. The summed E-state index contributed by atoms with van der Waals surface area (Å²) in [4.78, 5) is 0. The number of nitrogens with one attached hydrogen (secondary N) is 1. The molecule has 0 aliphatic rings. The predicted octanol–water partition coefficient (Wildman–Crippen LogP) is 1.70. The molecule has 0 aromatic heterocycles. The van der Waals surface area contributed by atoms with Crippen molar-refractivity contribution in [3.8, 4) is 0 Å². The van der Waals surface area contributed by atoms with E-state index in [0.29, 0.717) is 6.54 Å². The Morgan fingerprint density at radius 3 is 2.85 bits per heavy atom. The van der Waals surface area contributed by atoms with Crippen molar-refractivity contribution in [1.29, 1.82) is 0 Å². The van der Waals surface area contributed by atoms with E-state index in [2.05, 4.69) is 5.32 Å². The minimum absolute atomic E-state index is 0.115. The summed E-state index contributed by atoms with van der Waals surface area (Å²) >= 11 is 5.61. The van der Waals surface area contributed by atoms with Crippen molar-refractivity contribution in [2.24, 2.45) is 5.73 Å². The van der Waals surface area contributed by atoms with E-state index < -0.39 is 5.82 Å². The molecule has 1 aromatic carbocycles. The first kappa shape index (κ1) is 10.4. The van der Waals surface area contributed by atoms with Crippen molar-refractivity contribution in [3.05, 3.63) is 34.6 Å². The zero-order valence-electron chi connectivity index (χ0n) is 7.35. The van der Waals surface area contributed by atoms with Crippen molar-refractivity contribution in [1.82, 2.24) is 5.32 Å². The Bertz CT molecular complexity index is 291. The van der Waals surface area contributed by atoms with Gasteiger partial charge in [-0.1, -0.05) is 17.7 Å². The number of rotatable bonds is 3. The summed E-state index contributed by atoms with van der Waals surface area (Å²) in [6, 6.07) is 4.37. The first-order chi connectivity index (χ1) is 6.15. The Labute approximate surface area is 81.9 Å². The fourth-order valence-electron chi connectivity index (χ4n) is 1.08. The largest absolute Gasteiger partial charge is 0.323 e. The van der Waals surface area contributed by atoms with E-state index in [1.54, 1.807) is 12.1 Å². The molecule has 1 aromatic rings. The number of hydrogen-bond donors (Lipinski definition) is 2. The molecule has 0 heterocycles. The summed E-state index contributed by atoms with van der Waals surface area (Å²) in [6.45, 7) is 0.641. The first-order valence-corrected chi connectivity index (χ1v) is 4.38. The van der Waals surface area contributed by atoms with Crippen molar-refractivity contribution in [2.75, 3.05) is 13.6 Å². The predicted molar refractivity (Wildman–Crippen MR) is 52.3 cm³/mol. The highest BCUT2D eigenvalue weighted by molar-refractivity contribution is 6.30. The highest BCUT2D eigenvalue weighted by Crippen LogP contribution is 2.19. The monoisotopic (exact) mass is 202 g/mol. The van der Waals surface area contributed by atoms with Gasteiger partial charge in [-0.15, -0.1) is 0 Å². The zero-order chi connectivity index (χ0) is 9.84. The third-order valence-electron chi connectivity index (χ3n) is 1.80. The molecule has 0 spiro atoms. The van der Waals surface area contributed by atoms with Crippen LogP contribution in [0.2, 0.25) is 5.02 Å². The lowest BCUT2D eigenvalue weighted by Gasteiger charge is -2.11. The second-order valence-electron chi connectivity index (χ2n) is 2.84. The molecule has 4 heteroatoms. The van der Waals surface area contributed by atoms with Crippen LogP contribution in [0.1, 0.15) is 11.6 Å². The lowest BCUT2D eigenvalue weighted by molar-refractivity contribution is 0.620. The average molecular weight is 203 g/mol. The van der Waals surface area contributed by atoms with Gasteiger partial charge in [-0.25, -0.2) is 4.39 Å². The third kappa shape index (κ3) is 2.66. The van der Waals surface area contributed by atoms with Crippen molar-refractivity contribution in [3.63, 3.8) is 0 Å². The van der Waals surface area contributed by atoms with Crippen LogP contribution in [0.15, 0.2) is 18.2 Å². The summed E-state index contributed by atoms with van der Waals surface area (Å²) in [5.74, 6) is -0.415. The van der Waals surface area contributed by atoms with E-state index in [0.717, 1.165) is 5.56 Å². The highest BCUT2D eigenvalue weighted by Gasteiger charge is 2.07. The Kier molecular flexibility index (Phi) is 3.66. The minimum Gasteiger partial charge on any atom is -0.323 e. The second-order valence-corrected chi connectivity index (χ2v) is 3.24. The lowest BCUT2D eigenvalue weighted by atomic mass is 10.1. The number of benzene rings is 1. The maximum absolute atomic E-state index is 12.8. The van der Waals surface area contributed by atoms with Crippen molar-refractivity contribution >= 4 is 11.6 Å². The SMILES string of the molecule is CNC[C@@H](N)c1ccc(F)c(Cl)c1. The van der Waals surface area contributed by atoms with E-state index in [4.69, 9.17) is 17.3 Å². The van der Waals surface area contributed by atoms with E-state index >= 15 is 0 Å². The zero-order valence-corrected chi connectivity index (χ0v) is 8.11. The molecule has 0 aliphatic carbocycles. The molecule has 1 atom stereocenters. The molecule has 72 valence electrons. The van der Waals surface area contributed by atoms with E-state index in [1.165, 1.54) is 6.07 Å². The Morgan fingerprint density at radius 2 is 2.31 bits per heavy atom. The molecular weight excluding hydrogens is 191 g/mol. The fourth-order valence-corrected chi connectivity index (χ4v) is 1.27. The normalized spacial score (nSPS) is 12.9. The molecule has 3 N–H and O–H groups in total. The van der Waals surface area contributed by atoms with Crippen LogP contribution in [0.5, 0.6) is 0 Å². The van der Waals surface area contributed by atoms with Crippen LogP contribution in [0.4, 0.5) is 4.39 Å². The number of hydrogen-bond acceptors (Lipinski definition) is 2. The van der Waals surface area contributed by atoms with E-state index in [9.17, 15) is 4.39 Å². The van der Waals surface area contributed by atoms with Gasteiger partial charge < -0.3 is 11.1 Å². The van der Waals surface area contributed by atoms with Crippen LogP contribution in [-0.2, 0) is 0 Å². The molecule has 0 unspecified atom stereocenters. The van der Waals surface area contributed by atoms with Gasteiger partial charge in [-0.2, -0.15) is 0 Å². The molecular formula is C9H12ClFN2. The van der Waals surface area contributed by atoms with Gasteiger partial charge >= 0.3 is 0 Å². The van der Waals surface area contributed by atoms with Gasteiger partial charge in [-0.05, 0) is 24.7 Å². The van der Waals surface area contributed by atoms with Gasteiger partial charge in [0.2, 0.25) is 0 Å². The van der Waals surface area contributed by atoms with Gasteiger partial charge in [0.05, 0.1) is 5.02 Å². The molecule has 0 saturated heterocycles. The summed E-state index contributed by atoms with van der Waals surface area (Å²) in [7, 11) is 1.81. The van der Waals surface area contributed by atoms with Crippen LogP contribution in [-0.4, -0.2) is 13.6 Å². The summed E-state index contributed by atoms with van der Waals surface area (Å²) in [6.07, 6.45) is 0. The van der Waals surface area contributed by atoms with E-state index in [-0.39, 0.29) is 11.1 Å². The molecule has 0 radical (unpaired) electrons. The number of nitrogens with two attached hydrogens (primary N) is 1. The van der Waals surface area contributed by atoms with Gasteiger partial charge in [0.1, 0.15) is 5.82 Å². The molecule has 0 saturated carbocycles. The van der Waals surface area contributed by atoms with Crippen LogP contribution in [0.25, 0.3) is 0 Å². The molecule has 1 rings (SSSR count). The van der Waals surface area contributed by atoms with Crippen LogP contribution in [0, 0.1) is 5.82 Å². The molecule has 0 aliphatic heterocycles. The molecule has 0 fully saturated rings. The minimum atomic E-state index is -0.415. The van der Waals surface area contributed by atoms with Crippen LogP contribution in [0.3, 0.4) is 0 Å². The van der Waals surface area contributed by atoms with Gasteiger partial charge in [0.25, 0.3) is 0 Å². The smallest absolute Gasteiger partial charge is 0.141 e. The standard InChI is InChI=1S/C9H12ClFN2/c1-13-5-9(12)6-2-3-8(11)7(10)4-6/h2-4,9,13H,5,12H2,1H3/t9-/m1/s1. The quantitative estimate of drug-likeness (QED) is 0.783. The Morgan fingerprint density at radius 1 is 1.62 bits per heavy atom. The van der Waals surface area contributed by atoms with Crippen molar-refractivity contribution in [2.45, 2.75) is 6.04 Å². The summed E-state index contributed by atoms with van der Waals surface area (Å²) in [5.41, 5.74) is 6.61. The van der Waals surface area contributed by atoms with E-state index in [1.807, 2.05) is 7.05 Å². The first-order valence-electron chi connectivity index (χ1n) is 4.00. The van der Waals surface area contributed by atoms with Gasteiger partial charge in [0, 0.05) is 12.6 Å². The molecule has 0 bridgehead atoms. The highest BCUT2D eigenvalue weighted by atomic mass is 35.5. The molecule has 2 nitrogen and oxygen atoms in total. The van der Waals surface area contributed by atoms with Crippen LogP contribution >= 0.6 is 11.6 Å². The maximum atomic E-state index is 12.8. The summed E-state index contributed by atoms with van der Waals surface area (Å²) in [5, 5.41) is 3.05.